The molecule has 92 valence electrons. The van der Waals surface area contributed by atoms with Crippen LogP contribution in [0.25, 0.3) is 0 Å². The molecule has 7 heteroatoms. The van der Waals surface area contributed by atoms with Crippen LogP contribution in [0, 0.1) is 0 Å². The Labute approximate surface area is 92.2 Å². The second kappa shape index (κ2) is 5.07. The van der Waals surface area contributed by atoms with Crippen LogP contribution >= 0.6 is 0 Å². The Morgan fingerprint density at radius 3 is 2.62 bits per heavy atom. The van der Waals surface area contributed by atoms with Crippen LogP contribution in [0.4, 0.5) is 0 Å². The molecular weight excluding hydrogens is 220 g/mol. The summed E-state index contributed by atoms with van der Waals surface area (Å²) >= 11 is 0. The Hall–Kier alpha value is -0.730. The van der Waals surface area contributed by atoms with Crippen LogP contribution in [-0.2, 0) is 28.5 Å². The average Bonchev–Trinajstić information content (AvgIpc) is 2.36. The Bertz CT molecular complexity index is 256. The normalized spacial score (nSPS) is 38.9. The number of aliphatic hydroxyl groups is 1. The van der Waals surface area contributed by atoms with E-state index in [1.807, 2.05) is 0 Å². The maximum atomic E-state index is 11.4. The summed E-state index contributed by atoms with van der Waals surface area (Å²) in [5.41, 5.74) is 0. The molecule has 0 aromatic carbocycles. The molecule has 1 N–H and O–H groups in total. The molecular formula is C9H14O7. The van der Waals surface area contributed by atoms with E-state index in [2.05, 4.69) is 4.74 Å². The van der Waals surface area contributed by atoms with Gasteiger partial charge in [0.05, 0.1) is 13.7 Å². The fourth-order valence-corrected chi connectivity index (χ4v) is 1.83. The molecule has 0 unspecified atom stereocenters. The van der Waals surface area contributed by atoms with E-state index in [1.54, 1.807) is 0 Å². The van der Waals surface area contributed by atoms with Crippen LogP contribution in [0.15, 0.2) is 0 Å². The summed E-state index contributed by atoms with van der Waals surface area (Å²) in [4.78, 5) is 11.4. The molecule has 0 bridgehead atoms. The summed E-state index contributed by atoms with van der Waals surface area (Å²) in [6.07, 6.45) is -2.46. The van der Waals surface area contributed by atoms with Crippen molar-refractivity contribution < 1.29 is 33.6 Å². The quantitative estimate of drug-likeness (QED) is 0.590. The minimum absolute atomic E-state index is 0.00733. The molecule has 0 saturated carbocycles. The number of hydrogen-bond acceptors (Lipinski definition) is 7. The number of ether oxygens (including phenoxy) is 5. The number of carbonyl (C=O) groups is 1. The molecule has 0 aliphatic carbocycles. The minimum Gasteiger partial charge on any atom is -0.467 e. The zero-order valence-electron chi connectivity index (χ0n) is 8.83. The van der Waals surface area contributed by atoms with Crippen molar-refractivity contribution in [2.24, 2.45) is 0 Å². The highest BCUT2D eigenvalue weighted by Gasteiger charge is 2.47. The van der Waals surface area contributed by atoms with Crippen LogP contribution in [0.1, 0.15) is 0 Å². The lowest BCUT2D eigenvalue weighted by Gasteiger charge is -2.42. The molecule has 0 amide bonds. The molecule has 2 heterocycles. The van der Waals surface area contributed by atoms with Gasteiger partial charge in [-0.2, -0.15) is 0 Å². The van der Waals surface area contributed by atoms with Gasteiger partial charge in [0.2, 0.25) is 0 Å². The van der Waals surface area contributed by atoms with E-state index < -0.39 is 30.4 Å². The molecule has 2 saturated heterocycles. The molecule has 0 radical (unpaired) electrons. The van der Waals surface area contributed by atoms with Crippen LogP contribution < -0.4 is 0 Å². The van der Waals surface area contributed by atoms with Gasteiger partial charge in [-0.05, 0) is 0 Å². The van der Waals surface area contributed by atoms with E-state index in [0.29, 0.717) is 0 Å². The second-order valence-electron chi connectivity index (χ2n) is 3.50. The second-order valence-corrected chi connectivity index (χ2v) is 3.50. The highest BCUT2D eigenvalue weighted by atomic mass is 16.8. The molecule has 0 aromatic heterocycles. The first kappa shape index (κ1) is 11.7. The SMILES string of the molecule is COC(=O)[C@@H]1OCO[C@H]2[C@H]1OCO[C@H]2CO. The molecule has 0 aromatic rings. The molecule has 4 atom stereocenters. The summed E-state index contributed by atoms with van der Waals surface area (Å²) in [7, 11) is 1.28. The molecule has 2 aliphatic heterocycles. The molecule has 2 fully saturated rings. The van der Waals surface area contributed by atoms with Crippen molar-refractivity contribution in [1.82, 2.24) is 0 Å². The number of fused-ring (bicyclic) bond motifs is 1. The number of rotatable bonds is 2. The lowest BCUT2D eigenvalue weighted by atomic mass is 10.0. The summed E-state index contributed by atoms with van der Waals surface area (Å²) in [6, 6.07) is 0. The first-order valence-corrected chi connectivity index (χ1v) is 4.93. The summed E-state index contributed by atoms with van der Waals surface area (Å²) in [5, 5.41) is 9.09. The predicted molar refractivity (Wildman–Crippen MR) is 48.3 cm³/mol. The Balaban J connectivity index is 2.10. The maximum Gasteiger partial charge on any atom is 0.337 e. The number of carbonyl (C=O) groups excluding carboxylic acids is 1. The smallest absolute Gasteiger partial charge is 0.337 e. The Kier molecular flexibility index (Phi) is 3.72. The summed E-state index contributed by atoms with van der Waals surface area (Å²) < 4.78 is 25.4. The summed E-state index contributed by atoms with van der Waals surface area (Å²) in [5.74, 6) is -0.517. The van der Waals surface area contributed by atoms with E-state index in [0.717, 1.165) is 0 Å². The van der Waals surface area contributed by atoms with Gasteiger partial charge in [-0.1, -0.05) is 0 Å². The van der Waals surface area contributed by atoms with E-state index in [4.69, 9.17) is 24.1 Å². The van der Waals surface area contributed by atoms with Gasteiger partial charge in [-0.25, -0.2) is 4.79 Å². The van der Waals surface area contributed by atoms with E-state index in [9.17, 15) is 4.79 Å². The molecule has 2 rings (SSSR count). The first-order chi connectivity index (χ1) is 7.77. The fourth-order valence-electron chi connectivity index (χ4n) is 1.83. The Morgan fingerprint density at radius 2 is 1.94 bits per heavy atom. The Morgan fingerprint density at radius 1 is 1.25 bits per heavy atom. The molecule has 16 heavy (non-hydrogen) atoms. The van der Waals surface area contributed by atoms with Gasteiger partial charge in [-0.3, -0.25) is 0 Å². The van der Waals surface area contributed by atoms with Gasteiger partial charge in [0.25, 0.3) is 0 Å². The van der Waals surface area contributed by atoms with Gasteiger partial charge < -0.3 is 28.8 Å². The molecule has 0 spiro atoms. The lowest BCUT2D eigenvalue weighted by molar-refractivity contribution is -0.322. The average molecular weight is 234 g/mol. The predicted octanol–water partition coefficient (Wildman–Crippen LogP) is -1.37. The monoisotopic (exact) mass is 234 g/mol. The van der Waals surface area contributed by atoms with E-state index in [-0.39, 0.29) is 20.2 Å². The number of aliphatic hydroxyl groups excluding tert-OH is 1. The minimum atomic E-state index is -0.832. The van der Waals surface area contributed by atoms with Gasteiger partial charge in [0.15, 0.2) is 6.10 Å². The van der Waals surface area contributed by atoms with Crippen LogP contribution in [-0.4, -0.2) is 62.8 Å². The van der Waals surface area contributed by atoms with Crippen molar-refractivity contribution in [3.05, 3.63) is 0 Å². The van der Waals surface area contributed by atoms with Crippen LogP contribution in [0.5, 0.6) is 0 Å². The number of hydrogen-bond donors (Lipinski definition) is 1. The van der Waals surface area contributed by atoms with Crippen molar-refractivity contribution in [2.75, 3.05) is 27.3 Å². The standard InChI is InChI=1S/C9H14O7/c1-12-9(11)8-7-6(14-4-16-8)5(2-10)13-3-15-7/h5-8,10H,2-4H2,1H3/t5-,6+,7+,8+/m0/s1. The number of esters is 1. The van der Waals surface area contributed by atoms with Gasteiger partial charge in [0.1, 0.15) is 31.9 Å². The van der Waals surface area contributed by atoms with Crippen molar-refractivity contribution in [3.63, 3.8) is 0 Å². The maximum absolute atomic E-state index is 11.4. The lowest BCUT2D eigenvalue weighted by Crippen LogP contribution is -2.60. The highest BCUT2D eigenvalue weighted by molar-refractivity contribution is 5.75. The van der Waals surface area contributed by atoms with Crippen molar-refractivity contribution in [3.8, 4) is 0 Å². The van der Waals surface area contributed by atoms with E-state index in [1.165, 1.54) is 7.11 Å². The van der Waals surface area contributed by atoms with Crippen molar-refractivity contribution >= 4 is 5.97 Å². The summed E-state index contributed by atoms with van der Waals surface area (Å²) in [6.45, 7) is -0.255. The largest absolute Gasteiger partial charge is 0.467 e. The highest BCUT2D eigenvalue weighted by Crippen LogP contribution is 2.26. The third-order valence-electron chi connectivity index (χ3n) is 2.65. The number of methoxy groups -OCH3 is 1. The fraction of sp³-hybridized carbons (Fsp3) is 0.889. The van der Waals surface area contributed by atoms with E-state index >= 15 is 0 Å². The van der Waals surface area contributed by atoms with Gasteiger partial charge >= 0.3 is 5.97 Å². The topological polar surface area (TPSA) is 83.5 Å². The first-order valence-electron chi connectivity index (χ1n) is 4.93. The van der Waals surface area contributed by atoms with Gasteiger partial charge in [-0.15, -0.1) is 0 Å². The molecule has 2 aliphatic rings. The zero-order chi connectivity index (χ0) is 11.5. The third-order valence-corrected chi connectivity index (χ3v) is 2.65. The third kappa shape index (κ3) is 2.04. The van der Waals surface area contributed by atoms with Gasteiger partial charge in [0, 0.05) is 0 Å². The molecule has 7 nitrogen and oxygen atoms in total. The van der Waals surface area contributed by atoms with Crippen LogP contribution in [0.2, 0.25) is 0 Å². The van der Waals surface area contributed by atoms with Crippen molar-refractivity contribution in [2.45, 2.75) is 24.4 Å². The van der Waals surface area contributed by atoms with Crippen molar-refractivity contribution in [1.29, 1.82) is 0 Å². The zero-order valence-corrected chi connectivity index (χ0v) is 8.83. The van der Waals surface area contributed by atoms with Crippen LogP contribution in [0.3, 0.4) is 0 Å².